The Morgan fingerprint density at radius 2 is 2.00 bits per heavy atom. The van der Waals surface area contributed by atoms with Gasteiger partial charge in [-0.2, -0.15) is 0 Å². The first-order valence-electron chi connectivity index (χ1n) is 8.93. The summed E-state index contributed by atoms with van der Waals surface area (Å²) in [6.07, 6.45) is 2.83. The van der Waals surface area contributed by atoms with Crippen molar-refractivity contribution in [2.45, 2.75) is 26.3 Å². The van der Waals surface area contributed by atoms with Crippen molar-refractivity contribution in [3.8, 4) is 0 Å². The molecule has 2 rings (SSSR count). The minimum absolute atomic E-state index is 0. The van der Waals surface area contributed by atoms with Gasteiger partial charge in [-0.05, 0) is 25.5 Å². The molecule has 146 valence electrons. The van der Waals surface area contributed by atoms with Crippen LogP contribution in [0.5, 0.6) is 0 Å². The smallest absolute Gasteiger partial charge is 0.243 e. The average Bonchev–Trinajstić information content (AvgIpc) is 2.65. The largest absolute Gasteiger partial charge is 0.354 e. The van der Waals surface area contributed by atoms with Crippen molar-refractivity contribution in [1.82, 2.24) is 20.1 Å². The monoisotopic (exact) mass is 474 g/mol. The summed E-state index contributed by atoms with van der Waals surface area (Å²) < 4.78 is 0. The summed E-state index contributed by atoms with van der Waals surface area (Å²) in [6, 6.07) is 6.31. The zero-order valence-electron chi connectivity index (χ0n) is 16.2. The number of aromatic nitrogens is 1. The lowest BCUT2D eigenvalue weighted by molar-refractivity contribution is -0.127. The maximum absolute atomic E-state index is 11.9. The number of hydrogen-bond donors (Lipinski definition) is 1. The second kappa shape index (κ2) is 11.2. The number of aliphatic imine (C=N–C) groups is 1. The van der Waals surface area contributed by atoms with E-state index in [1.54, 1.807) is 19.0 Å². The number of rotatable bonds is 5. The first-order valence-corrected chi connectivity index (χ1v) is 8.93. The number of hydrogen-bond acceptors (Lipinski definition) is 4. The number of piperazine rings is 1. The zero-order valence-corrected chi connectivity index (χ0v) is 18.5. The lowest BCUT2D eigenvalue weighted by atomic mass is 10.2. The molecule has 1 N–H and O–H groups in total. The number of carbonyl (C=O) groups is 1. The van der Waals surface area contributed by atoms with Gasteiger partial charge in [0.05, 0.1) is 0 Å². The molecule has 0 bridgehead atoms. The Labute approximate surface area is 173 Å². The summed E-state index contributed by atoms with van der Waals surface area (Å²) in [4.78, 5) is 26.9. The molecule has 8 heteroatoms. The van der Waals surface area contributed by atoms with Crippen LogP contribution in [0, 0.1) is 0 Å². The molecule has 0 aliphatic carbocycles. The van der Waals surface area contributed by atoms with Crippen LogP contribution in [-0.2, 0) is 4.79 Å². The highest BCUT2D eigenvalue weighted by atomic mass is 127. The molecule has 1 amide bonds. The standard InChI is InChI=1S/C18H30N6O.HI/c1-5-15(2)21-18(20-14-17(25)22(3)4)24-12-10-23(11-13-24)16-8-6-7-9-19-16;/h6-9,15H,5,10-14H2,1-4H3,(H,20,21);1H. The first kappa shape index (κ1) is 22.5. The van der Waals surface area contributed by atoms with Crippen LogP contribution in [-0.4, -0.2) is 79.5 Å². The molecule has 0 spiro atoms. The fourth-order valence-electron chi connectivity index (χ4n) is 2.53. The van der Waals surface area contributed by atoms with Gasteiger partial charge >= 0.3 is 0 Å². The number of nitrogens with zero attached hydrogens (tertiary/aromatic N) is 5. The third-order valence-electron chi connectivity index (χ3n) is 4.40. The Kier molecular flexibility index (Phi) is 9.68. The van der Waals surface area contributed by atoms with Crippen molar-refractivity contribution in [2.24, 2.45) is 4.99 Å². The van der Waals surface area contributed by atoms with Crippen molar-refractivity contribution < 1.29 is 4.79 Å². The Balaban J connectivity index is 0.00000338. The second-order valence-corrected chi connectivity index (χ2v) is 6.54. The van der Waals surface area contributed by atoms with Crippen LogP contribution in [0.4, 0.5) is 5.82 Å². The number of halogens is 1. The molecule has 1 aliphatic rings. The van der Waals surface area contributed by atoms with E-state index in [1.165, 1.54) is 0 Å². The van der Waals surface area contributed by atoms with Gasteiger partial charge in [0.15, 0.2) is 5.96 Å². The maximum atomic E-state index is 11.9. The lowest BCUT2D eigenvalue weighted by Gasteiger charge is -2.37. The number of guanidine groups is 1. The molecule has 0 saturated carbocycles. The van der Waals surface area contributed by atoms with Crippen LogP contribution < -0.4 is 10.2 Å². The molecular weight excluding hydrogens is 443 g/mol. The number of pyridine rings is 1. The van der Waals surface area contributed by atoms with Gasteiger partial charge in [-0.15, -0.1) is 24.0 Å². The Morgan fingerprint density at radius 3 is 2.54 bits per heavy atom. The van der Waals surface area contributed by atoms with Gasteiger partial charge < -0.3 is 20.0 Å². The van der Waals surface area contributed by atoms with Gasteiger partial charge in [0.2, 0.25) is 5.91 Å². The Bertz CT molecular complexity index is 572. The summed E-state index contributed by atoms with van der Waals surface area (Å²) >= 11 is 0. The highest BCUT2D eigenvalue weighted by Crippen LogP contribution is 2.12. The normalized spacial score (nSPS) is 15.9. The quantitative estimate of drug-likeness (QED) is 0.400. The van der Waals surface area contributed by atoms with Gasteiger partial charge in [-0.1, -0.05) is 13.0 Å². The van der Waals surface area contributed by atoms with Gasteiger partial charge in [-0.25, -0.2) is 9.98 Å². The van der Waals surface area contributed by atoms with Crippen molar-refractivity contribution in [3.05, 3.63) is 24.4 Å². The SMILES string of the molecule is CCC(C)NC(=NCC(=O)N(C)C)N1CCN(c2ccccn2)CC1.I. The van der Waals surface area contributed by atoms with E-state index < -0.39 is 0 Å². The molecule has 1 atom stereocenters. The van der Waals surface area contributed by atoms with Crippen molar-refractivity contribution in [2.75, 3.05) is 51.7 Å². The van der Waals surface area contributed by atoms with Gasteiger partial charge in [0.1, 0.15) is 12.4 Å². The van der Waals surface area contributed by atoms with Crippen LogP contribution in [0.25, 0.3) is 0 Å². The molecule has 7 nitrogen and oxygen atoms in total. The van der Waals surface area contributed by atoms with Gasteiger partial charge in [0.25, 0.3) is 0 Å². The van der Waals surface area contributed by atoms with Crippen LogP contribution >= 0.6 is 24.0 Å². The van der Waals surface area contributed by atoms with E-state index >= 15 is 0 Å². The molecule has 26 heavy (non-hydrogen) atoms. The van der Waals surface area contributed by atoms with E-state index in [-0.39, 0.29) is 36.4 Å². The molecule has 1 saturated heterocycles. The van der Waals surface area contributed by atoms with Crippen molar-refractivity contribution in [3.63, 3.8) is 0 Å². The molecule has 1 aromatic rings. The highest BCUT2D eigenvalue weighted by molar-refractivity contribution is 14.0. The Morgan fingerprint density at radius 1 is 1.31 bits per heavy atom. The van der Waals surface area contributed by atoms with Crippen LogP contribution in [0.2, 0.25) is 0 Å². The van der Waals surface area contributed by atoms with E-state index in [1.807, 2.05) is 24.4 Å². The molecule has 1 unspecified atom stereocenters. The minimum Gasteiger partial charge on any atom is -0.354 e. The van der Waals surface area contributed by atoms with Crippen LogP contribution in [0.3, 0.4) is 0 Å². The van der Waals surface area contributed by atoms with E-state index in [2.05, 4.69) is 38.9 Å². The lowest BCUT2D eigenvalue weighted by Crippen LogP contribution is -2.54. The second-order valence-electron chi connectivity index (χ2n) is 6.54. The maximum Gasteiger partial charge on any atom is 0.243 e. The summed E-state index contributed by atoms with van der Waals surface area (Å²) in [7, 11) is 3.51. The average molecular weight is 474 g/mol. The zero-order chi connectivity index (χ0) is 18.2. The van der Waals surface area contributed by atoms with E-state index in [4.69, 9.17) is 0 Å². The number of anilines is 1. The van der Waals surface area contributed by atoms with Gasteiger partial charge in [0, 0.05) is 52.5 Å². The first-order chi connectivity index (χ1) is 12.0. The molecule has 2 heterocycles. The predicted molar refractivity (Wildman–Crippen MR) is 117 cm³/mol. The van der Waals surface area contributed by atoms with E-state index in [0.717, 1.165) is 44.4 Å². The molecule has 1 fully saturated rings. The summed E-state index contributed by atoms with van der Waals surface area (Å²) in [5.41, 5.74) is 0. The molecular formula is C18H31IN6O. The van der Waals surface area contributed by atoms with E-state index in [0.29, 0.717) is 6.04 Å². The predicted octanol–water partition coefficient (Wildman–Crippen LogP) is 1.65. The number of carbonyl (C=O) groups excluding carboxylic acids is 1. The number of amides is 1. The highest BCUT2D eigenvalue weighted by Gasteiger charge is 2.21. The Hall–Kier alpha value is -1.58. The van der Waals surface area contributed by atoms with Crippen LogP contribution in [0.15, 0.2) is 29.4 Å². The molecule has 0 radical (unpaired) electrons. The number of nitrogens with one attached hydrogen (secondary N) is 1. The number of likely N-dealkylation sites (N-methyl/N-ethyl adjacent to an activating group) is 1. The summed E-state index contributed by atoms with van der Waals surface area (Å²) in [5, 5.41) is 3.46. The van der Waals surface area contributed by atoms with E-state index in [9.17, 15) is 4.79 Å². The third-order valence-corrected chi connectivity index (χ3v) is 4.40. The van der Waals surface area contributed by atoms with Crippen LogP contribution in [0.1, 0.15) is 20.3 Å². The molecule has 1 aromatic heterocycles. The topological polar surface area (TPSA) is 64.1 Å². The van der Waals surface area contributed by atoms with Crippen molar-refractivity contribution in [1.29, 1.82) is 0 Å². The summed E-state index contributed by atoms with van der Waals surface area (Å²) in [6.45, 7) is 7.93. The minimum atomic E-state index is 0. The van der Waals surface area contributed by atoms with Gasteiger partial charge in [-0.3, -0.25) is 4.79 Å². The molecule has 1 aliphatic heterocycles. The fraction of sp³-hybridized carbons (Fsp3) is 0.611. The summed E-state index contributed by atoms with van der Waals surface area (Å²) in [5.74, 6) is 1.85. The van der Waals surface area contributed by atoms with Crippen molar-refractivity contribution >= 4 is 41.7 Å². The fourth-order valence-corrected chi connectivity index (χ4v) is 2.53. The third kappa shape index (κ3) is 6.62. The molecule has 0 aromatic carbocycles.